The Labute approximate surface area is 98.4 Å². The number of hydrogen-bond donors (Lipinski definition) is 1. The van der Waals surface area contributed by atoms with Crippen LogP contribution in [0.1, 0.15) is 21.6 Å². The Kier molecular flexibility index (Phi) is 2.93. The molecule has 2 aromatic rings. The summed E-state index contributed by atoms with van der Waals surface area (Å²) < 4.78 is 1.82. The van der Waals surface area contributed by atoms with Gasteiger partial charge in [0, 0.05) is 12.7 Å². The highest BCUT2D eigenvalue weighted by atomic mass is 16.4. The predicted octanol–water partition coefficient (Wildman–Crippen LogP) is 2.11. The van der Waals surface area contributed by atoms with Crippen molar-refractivity contribution in [2.45, 2.75) is 6.54 Å². The molecule has 84 valence electrons. The van der Waals surface area contributed by atoms with E-state index >= 15 is 0 Å². The van der Waals surface area contributed by atoms with E-state index in [1.807, 2.05) is 16.8 Å². The molecule has 0 saturated carbocycles. The van der Waals surface area contributed by atoms with Crippen molar-refractivity contribution in [2.75, 3.05) is 0 Å². The van der Waals surface area contributed by atoms with Crippen molar-refractivity contribution in [2.24, 2.45) is 0 Å². The van der Waals surface area contributed by atoms with Gasteiger partial charge in [-0.3, -0.25) is 0 Å². The first-order valence-corrected chi connectivity index (χ1v) is 5.08. The van der Waals surface area contributed by atoms with Gasteiger partial charge < -0.3 is 9.67 Å². The molecule has 4 heteroatoms. The Morgan fingerprint density at radius 1 is 1.29 bits per heavy atom. The molecule has 0 radical (unpaired) electrons. The van der Waals surface area contributed by atoms with Crippen LogP contribution >= 0.6 is 0 Å². The first-order valence-electron chi connectivity index (χ1n) is 5.08. The van der Waals surface area contributed by atoms with Crippen LogP contribution in [0.5, 0.6) is 0 Å². The van der Waals surface area contributed by atoms with Crippen LogP contribution in [-0.2, 0) is 6.54 Å². The molecule has 0 aliphatic carbocycles. The van der Waals surface area contributed by atoms with E-state index in [4.69, 9.17) is 10.4 Å². The maximum absolute atomic E-state index is 10.7. The number of rotatable bonds is 3. The average Bonchev–Trinajstić information content (AvgIpc) is 2.77. The van der Waals surface area contributed by atoms with E-state index in [9.17, 15) is 4.79 Å². The summed E-state index contributed by atoms with van der Waals surface area (Å²) in [7, 11) is 0. The monoisotopic (exact) mass is 226 g/mol. The molecule has 1 N–H and O–H groups in total. The quantitative estimate of drug-likeness (QED) is 0.871. The summed E-state index contributed by atoms with van der Waals surface area (Å²) >= 11 is 0. The zero-order valence-electron chi connectivity index (χ0n) is 9.00. The predicted molar refractivity (Wildman–Crippen MR) is 61.7 cm³/mol. The van der Waals surface area contributed by atoms with Crippen LogP contribution in [-0.4, -0.2) is 15.6 Å². The first kappa shape index (κ1) is 11.0. The molecule has 0 aliphatic heterocycles. The molecule has 1 aromatic heterocycles. The fourth-order valence-electron chi connectivity index (χ4n) is 1.60. The number of carboxylic acid groups (broad SMARTS) is 1. The third-order valence-electron chi connectivity index (χ3n) is 2.50. The first-order chi connectivity index (χ1) is 8.20. The number of hydrogen-bond acceptors (Lipinski definition) is 2. The number of aromatic nitrogens is 1. The lowest BCUT2D eigenvalue weighted by Crippen LogP contribution is -2.01. The van der Waals surface area contributed by atoms with E-state index in [0.29, 0.717) is 12.2 Å². The van der Waals surface area contributed by atoms with Crippen LogP contribution in [0.25, 0.3) is 0 Å². The largest absolute Gasteiger partial charge is 0.478 e. The molecule has 0 fully saturated rings. The highest BCUT2D eigenvalue weighted by molar-refractivity contribution is 5.87. The van der Waals surface area contributed by atoms with Crippen molar-refractivity contribution in [3.8, 4) is 6.07 Å². The smallest absolute Gasteiger partial charge is 0.335 e. The Morgan fingerprint density at radius 2 is 2.00 bits per heavy atom. The van der Waals surface area contributed by atoms with Crippen molar-refractivity contribution in [3.05, 3.63) is 59.4 Å². The summed E-state index contributed by atoms with van der Waals surface area (Å²) in [4.78, 5) is 10.7. The Hall–Kier alpha value is -2.54. The number of nitriles is 1. The number of aromatic carboxylic acids is 1. The topological polar surface area (TPSA) is 66.0 Å². The minimum absolute atomic E-state index is 0.266. The molecule has 0 saturated heterocycles. The third-order valence-corrected chi connectivity index (χ3v) is 2.50. The van der Waals surface area contributed by atoms with Gasteiger partial charge in [-0.1, -0.05) is 12.1 Å². The lowest BCUT2D eigenvalue weighted by Gasteiger charge is -2.05. The van der Waals surface area contributed by atoms with E-state index in [2.05, 4.69) is 6.07 Å². The Bertz CT molecular complexity index is 576. The Balaban J connectivity index is 2.20. The molecular formula is C13H10N2O2. The zero-order chi connectivity index (χ0) is 12.3. The summed E-state index contributed by atoms with van der Waals surface area (Å²) in [5, 5.41) is 17.6. The van der Waals surface area contributed by atoms with Crippen LogP contribution in [0.2, 0.25) is 0 Å². The molecule has 17 heavy (non-hydrogen) atoms. The van der Waals surface area contributed by atoms with Gasteiger partial charge in [-0.15, -0.1) is 0 Å². The summed E-state index contributed by atoms with van der Waals surface area (Å²) in [6, 6.07) is 12.3. The lowest BCUT2D eigenvalue weighted by atomic mass is 10.1. The number of carboxylic acids is 1. The van der Waals surface area contributed by atoms with Gasteiger partial charge in [0.1, 0.15) is 11.8 Å². The van der Waals surface area contributed by atoms with Gasteiger partial charge in [0.15, 0.2) is 0 Å². The van der Waals surface area contributed by atoms with Crippen molar-refractivity contribution in [3.63, 3.8) is 0 Å². The lowest BCUT2D eigenvalue weighted by molar-refractivity contribution is 0.0697. The van der Waals surface area contributed by atoms with Gasteiger partial charge in [0.25, 0.3) is 0 Å². The van der Waals surface area contributed by atoms with Crippen LogP contribution in [0.4, 0.5) is 0 Å². The average molecular weight is 226 g/mol. The van der Waals surface area contributed by atoms with Gasteiger partial charge in [0.2, 0.25) is 0 Å². The summed E-state index contributed by atoms with van der Waals surface area (Å²) in [6.45, 7) is 0.565. The molecule has 1 aromatic carbocycles. The normalized spacial score (nSPS) is 9.82. The highest BCUT2D eigenvalue weighted by Crippen LogP contribution is 2.09. The van der Waals surface area contributed by atoms with Crippen molar-refractivity contribution < 1.29 is 9.90 Å². The van der Waals surface area contributed by atoms with Gasteiger partial charge >= 0.3 is 5.97 Å². The molecule has 0 bridgehead atoms. The van der Waals surface area contributed by atoms with Gasteiger partial charge in [-0.05, 0) is 29.8 Å². The molecular weight excluding hydrogens is 216 g/mol. The van der Waals surface area contributed by atoms with Crippen LogP contribution in [0, 0.1) is 11.3 Å². The fourth-order valence-corrected chi connectivity index (χ4v) is 1.60. The second-order valence-corrected chi connectivity index (χ2v) is 3.64. The van der Waals surface area contributed by atoms with E-state index in [-0.39, 0.29) is 5.56 Å². The molecule has 0 aliphatic rings. The number of nitrogens with zero attached hydrogens (tertiary/aromatic N) is 2. The third kappa shape index (κ3) is 2.34. The van der Waals surface area contributed by atoms with E-state index in [0.717, 1.165) is 5.56 Å². The summed E-state index contributed by atoms with van der Waals surface area (Å²) in [6.07, 6.45) is 1.82. The summed E-state index contributed by atoms with van der Waals surface area (Å²) in [5.41, 5.74) is 1.82. The van der Waals surface area contributed by atoms with Crippen LogP contribution in [0.15, 0.2) is 42.6 Å². The molecule has 0 unspecified atom stereocenters. The van der Waals surface area contributed by atoms with Crippen molar-refractivity contribution >= 4 is 5.97 Å². The fraction of sp³-hybridized carbons (Fsp3) is 0.0769. The summed E-state index contributed by atoms with van der Waals surface area (Å²) in [5.74, 6) is -0.935. The molecule has 2 rings (SSSR count). The molecule has 4 nitrogen and oxygen atoms in total. The standard InChI is InChI=1S/C13H10N2O2/c14-8-12-2-1-7-15(12)9-10-3-5-11(6-4-10)13(16)17/h1-7H,9H2,(H,16,17). The number of benzene rings is 1. The van der Waals surface area contributed by atoms with Crippen molar-refractivity contribution in [1.29, 1.82) is 5.26 Å². The zero-order valence-corrected chi connectivity index (χ0v) is 9.00. The second kappa shape index (κ2) is 4.54. The van der Waals surface area contributed by atoms with E-state index in [1.54, 1.807) is 30.3 Å². The number of carbonyl (C=O) groups is 1. The van der Waals surface area contributed by atoms with Gasteiger partial charge in [-0.25, -0.2) is 4.79 Å². The van der Waals surface area contributed by atoms with Crippen LogP contribution in [0.3, 0.4) is 0 Å². The SMILES string of the molecule is N#Cc1cccn1Cc1ccc(C(=O)O)cc1. The van der Waals surface area contributed by atoms with Gasteiger partial charge in [0.05, 0.1) is 5.56 Å². The second-order valence-electron chi connectivity index (χ2n) is 3.64. The van der Waals surface area contributed by atoms with E-state index < -0.39 is 5.97 Å². The Morgan fingerprint density at radius 3 is 2.59 bits per heavy atom. The minimum Gasteiger partial charge on any atom is -0.478 e. The highest BCUT2D eigenvalue weighted by Gasteiger charge is 2.03. The minimum atomic E-state index is -0.935. The molecule has 0 atom stereocenters. The van der Waals surface area contributed by atoms with Gasteiger partial charge in [-0.2, -0.15) is 5.26 Å². The maximum Gasteiger partial charge on any atom is 0.335 e. The van der Waals surface area contributed by atoms with Crippen LogP contribution < -0.4 is 0 Å². The van der Waals surface area contributed by atoms with E-state index in [1.165, 1.54) is 0 Å². The maximum atomic E-state index is 10.7. The molecule has 0 amide bonds. The molecule has 1 heterocycles. The van der Waals surface area contributed by atoms with Crippen molar-refractivity contribution in [1.82, 2.24) is 4.57 Å². The molecule has 0 spiro atoms.